The van der Waals surface area contributed by atoms with Crippen LogP contribution < -0.4 is 4.90 Å². The third-order valence-electron chi connectivity index (χ3n) is 4.25. The first-order valence-electron chi connectivity index (χ1n) is 7.07. The Labute approximate surface area is 122 Å². The molecule has 0 spiro atoms. The summed E-state index contributed by atoms with van der Waals surface area (Å²) in [6.45, 7) is 1.81. The van der Waals surface area contributed by atoms with Crippen LogP contribution >= 0.6 is 15.9 Å². The first-order valence-corrected chi connectivity index (χ1v) is 7.86. The fraction of sp³-hybridized carbons (Fsp3) is 0.600. The molecule has 1 aliphatic heterocycles. The topological polar surface area (TPSA) is 32.7 Å². The summed E-state index contributed by atoms with van der Waals surface area (Å²) in [5, 5.41) is 9.59. The largest absolute Gasteiger partial charge is 0.392 e. The van der Waals surface area contributed by atoms with Gasteiger partial charge in [0.2, 0.25) is 0 Å². The Kier molecular flexibility index (Phi) is 4.10. The van der Waals surface area contributed by atoms with Gasteiger partial charge in [0.05, 0.1) is 25.4 Å². The van der Waals surface area contributed by atoms with E-state index in [2.05, 4.69) is 33.0 Å². The summed E-state index contributed by atoms with van der Waals surface area (Å²) in [6, 6.07) is 6.67. The van der Waals surface area contributed by atoms with Gasteiger partial charge in [-0.05, 0) is 31.0 Å². The summed E-state index contributed by atoms with van der Waals surface area (Å²) < 4.78 is 6.94. The molecule has 2 aliphatic rings. The fourth-order valence-corrected chi connectivity index (χ4v) is 3.76. The van der Waals surface area contributed by atoms with Crippen LogP contribution in [0.3, 0.4) is 0 Å². The highest BCUT2D eigenvalue weighted by Crippen LogP contribution is 2.34. The minimum atomic E-state index is 0.0868. The lowest BCUT2D eigenvalue weighted by molar-refractivity contribution is -0.00880. The van der Waals surface area contributed by atoms with Crippen molar-refractivity contribution in [3.05, 3.63) is 28.2 Å². The summed E-state index contributed by atoms with van der Waals surface area (Å²) in [7, 11) is 0. The summed E-state index contributed by atoms with van der Waals surface area (Å²) in [4.78, 5) is 2.45. The van der Waals surface area contributed by atoms with Crippen LogP contribution in [-0.2, 0) is 11.3 Å². The van der Waals surface area contributed by atoms with Gasteiger partial charge in [0.1, 0.15) is 0 Å². The van der Waals surface area contributed by atoms with Crippen LogP contribution in [0.15, 0.2) is 22.7 Å². The molecule has 1 N–H and O–H groups in total. The Bertz CT molecular complexity index is 450. The molecular weight excluding hydrogens is 306 g/mol. The summed E-state index contributed by atoms with van der Waals surface area (Å²) >= 11 is 3.48. The van der Waals surface area contributed by atoms with Gasteiger partial charge in [-0.2, -0.15) is 0 Å². The molecule has 1 aliphatic carbocycles. The molecule has 1 saturated carbocycles. The summed E-state index contributed by atoms with van der Waals surface area (Å²) in [5.41, 5.74) is 2.17. The monoisotopic (exact) mass is 325 g/mol. The van der Waals surface area contributed by atoms with E-state index in [-0.39, 0.29) is 6.61 Å². The van der Waals surface area contributed by atoms with E-state index in [1.807, 2.05) is 6.07 Å². The normalized spacial score (nSPS) is 27.2. The van der Waals surface area contributed by atoms with Crippen LogP contribution in [0.25, 0.3) is 0 Å². The van der Waals surface area contributed by atoms with Crippen molar-refractivity contribution in [2.75, 3.05) is 18.1 Å². The fourth-order valence-electron chi connectivity index (χ4n) is 3.36. The zero-order valence-electron chi connectivity index (χ0n) is 11.0. The van der Waals surface area contributed by atoms with E-state index < -0.39 is 0 Å². The van der Waals surface area contributed by atoms with Crippen LogP contribution in [0.2, 0.25) is 0 Å². The molecule has 0 radical (unpaired) electrons. The Balaban J connectivity index is 1.91. The van der Waals surface area contributed by atoms with Crippen LogP contribution in [0.4, 0.5) is 5.69 Å². The molecular formula is C15H20BrNO2. The smallest absolute Gasteiger partial charge is 0.0779 e. The molecule has 104 valence electrons. The number of benzene rings is 1. The zero-order chi connectivity index (χ0) is 13.2. The minimum absolute atomic E-state index is 0.0868. The highest BCUT2D eigenvalue weighted by atomic mass is 79.9. The van der Waals surface area contributed by atoms with Gasteiger partial charge in [0, 0.05) is 22.3 Å². The standard InChI is InChI=1S/C15H20BrNO2/c16-12-5-6-13(11(9-12)10-18)17-7-8-19-15-4-2-1-3-14(15)17/h5-6,9,14-15,18H,1-4,7-8,10H2. The second kappa shape index (κ2) is 5.81. The van der Waals surface area contributed by atoms with E-state index in [1.165, 1.54) is 31.4 Å². The van der Waals surface area contributed by atoms with Gasteiger partial charge in [-0.3, -0.25) is 0 Å². The lowest BCUT2D eigenvalue weighted by atomic mass is 9.89. The van der Waals surface area contributed by atoms with Crippen LogP contribution in [0.5, 0.6) is 0 Å². The number of ether oxygens (including phenoxy) is 1. The van der Waals surface area contributed by atoms with Gasteiger partial charge >= 0.3 is 0 Å². The van der Waals surface area contributed by atoms with Gasteiger partial charge in [-0.1, -0.05) is 28.8 Å². The van der Waals surface area contributed by atoms with Crippen LogP contribution in [-0.4, -0.2) is 30.4 Å². The maximum absolute atomic E-state index is 9.59. The average Bonchev–Trinajstić information content (AvgIpc) is 2.46. The molecule has 1 aromatic carbocycles. The average molecular weight is 326 g/mol. The number of hydrogen-bond donors (Lipinski definition) is 1. The molecule has 4 heteroatoms. The van der Waals surface area contributed by atoms with Gasteiger partial charge in [-0.15, -0.1) is 0 Å². The number of aliphatic hydroxyl groups is 1. The van der Waals surface area contributed by atoms with E-state index in [1.54, 1.807) is 0 Å². The number of anilines is 1. The lowest BCUT2D eigenvalue weighted by Gasteiger charge is -2.45. The number of halogens is 1. The van der Waals surface area contributed by atoms with Gasteiger partial charge in [0.15, 0.2) is 0 Å². The van der Waals surface area contributed by atoms with Crippen molar-refractivity contribution in [1.82, 2.24) is 0 Å². The maximum atomic E-state index is 9.59. The quantitative estimate of drug-likeness (QED) is 0.907. The van der Waals surface area contributed by atoms with Gasteiger partial charge in [0.25, 0.3) is 0 Å². The molecule has 3 rings (SSSR count). The maximum Gasteiger partial charge on any atom is 0.0779 e. The zero-order valence-corrected chi connectivity index (χ0v) is 12.6. The molecule has 0 bridgehead atoms. The SMILES string of the molecule is OCc1cc(Br)ccc1N1CCOC2CCCCC21. The predicted octanol–water partition coefficient (Wildman–Crippen LogP) is 3.09. The molecule has 19 heavy (non-hydrogen) atoms. The second-order valence-electron chi connectivity index (χ2n) is 5.39. The molecule has 2 atom stereocenters. The third kappa shape index (κ3) is 2.67. The molecule has 0 amide bonds. The van der Waals surface area contributed by atoms with E-state index in [0.717, 1.165) is 23.2 Å². The van der Waals surface area contributed by atoms with Crippen molar-refractivity contribution in [3.63, 3.8) is 0 Å². The van der Waals surface area contributed by atoms with E-state index in [9.17, 15) is 5.11 Å². The number of rotatable bonds is 2. The molecule has 2 fully saturated rings. The lowest BCUT2D eigenvalue weighted by Crippen LogP contribution is -2.53. The Morgan fingerprint density at radius 3 is 3.00 bits per heavy atom. The van der Waals surface area contributed by atoms with Crippen molar-refractivity contribution in [1.29, 1.82) is 0 Å². The number of nitrogens with zero attached hydrogens (tertiary/aromatic N) is 1. The molecule has 2 unspecified atom stereocenters. The number of fused-ring (bicyclic) bond motifs is 1. The number of hydrogen-bond acceptors (Lipinski definition) is 3. The van der Waals surface area contributed by atoms with Gasteiger partial charge in [-0.25, -0.2) is 0 Å². The van der Waals surface area contributed by atoms with Crippen molar-refractivity contribution in [3.8, 4) is 0 Å². The minimum Gasteiger partial charge on any atom is -0.392 e. The Hall–Kier alpha value is -0.580. The summed E-state index contributed by atoms with van der Waals surface area (Å²) in [6.07, 6.45) is 5.31. The van der Waals surface area contributed by atoms with E-state index in [4.69, 9.17) is 4.74 Å². The third-order valence-corrected chi connectivity index (χ3v) is 4.75. The van der Waals surface area contributed by atoms with Crippen LogP contribution in [0, 0.1) is 0 Å². The molecule has 1 heterocycles. The van der Waals surface area contributed by atoms with Crippen molar-refractivity contribution in [2.24, 2.45) is 0 Å². The molecule has 0 aromatic heterocycles. The first kappa shape index (κ1) is 13.4. The molecule has 3 nitrogen and oxygen atoms in total. The number of morpholine rings is 1. The van der Waals surface area contributed by atoms with Gasteiger partial charge < -0.3 is 14.7 Å². The van der Waals surface area contributed by atoms with E-state index >= 15 is 0 Å². The Morgan fingerprint density at radius 1 is 1.32 bits per heavy atom. The Morgan fingerprint density at radius 2 is 2.16 bits per heavy atom. The predicted molar refractivity (Wildman–Crippen MR) is 79.4 cm³/mol. The molecule has 1 saturated heterocycles. The van der Waals surface area contributed by atoms with Crippen molar-refractivity contribution in [2.45, 2.75) is 44.4 Å². The van der Waals surface area contributed by atoms with E-state index in [0.29, 0.717) is 12.1 Å². The summed E-state index contributed by atoms with van der Waals surface area (Å²) in [5.74, 6) is 0. The van der Waals surface area contributed by atoms with Crippen molar-refractivity contribution < 1.29 is 9.84 Å². The second-order valence-corrected chi connectivity index (χ2v) is 6.30. The highest BCUT2D eigenvalue weighted by molar-refractivity contribution is 9.10. The van der Waals surface area contributed by atoms with Crippen molar-refractivity contribution >= 4 is 21.6 Å². The molecule has 1 aromatic rings. The van der Waals surface area contributed by atoms with Crippen LogP contribution in [0.1, 0.15) is 31.2 Å². The first-order chi connectivity index (χ1) is 9.29. The number of aliphatic hydroxyl groups excluding tert-OH is 1. The highest BCUT2D eigenvalue weighted by Gasteiger charge is 2.34.